The van der Waals surface area contributed by atoms with Gasteiger partial charge in [0.15, 0.2) is 14.8 Å². The van der Waals surface area contributed by atoms with E-state index < -0.39 is 33.6 Å². The molecule has 2 aliphatic rings. The summed E-state index contributed by atoms with van der Waals surface area (Å²) in [6, 6.07) is 4.54. The molecular weight excluding hydrogens is 550 g/mol. The fraction of sp³-hybridized carbons (Fsp3) is 0.520. The van der Waals surface area contributed by atoms with Crippen LogP contribution in [-0.4, -0.2) is 86.4 Å². The highest BCUT2D eigenvalue weighted by Gasteiger charge is 2.37. The zero-order valence-electron chi connectivity index (χ0n) is 21.6. The lowest BCUT2D eigenvalue weighted by Crippen LogP contribution is -2.56. The minimum absolute atomic E-state index is 0.000530. The molecular formula is C25H32ClN5O5S2. The summed E-state index contributed by atoms with van der Waals surface area (Å²) in [5.41, 5.74) is 0.930. The number of aromatic nitrogens is 1. The average Bonchev–Trinajstić information content (AvgIpc) is 3.28. The number of hydrogen-bond acceptors (Lipinski definition) is 8. The number of nitrogens with zero attached hydrogens (tertiary/aromatic N) is 3. The highest BCUT2D eigenvalue weighted by Crippen LogP contribution is 2.28. The number of halogens is 1. The maximum Gasteiger partial charge on any atom is 0.280 e. The van der Waals surface area contributed by atoms with E-state index in [4.69, 9.17) is 11.6 Å². The molecule has 3 atom stereocenters. The Morgan fingerprint density at radius 2 is 1.84 bits per heavy atom. The van der Waals surface area contributed by atoms with Gasteiger partial charge < -0.3 is 20.4 Å². The Bertz CT molecular complexity index is 1310. The zero-order chi connectivity index (χ0) is 27.6. The van der Waals surface area contributed by atoms with Crippen molar-refractivity contribution in [3.05, 3.63) is 44.9 Å². The molecule has 0 saturated heterocycles. The number of rotatable bonds is 7. The smallest absolute Gasteiger partial charge is 0.280 e. The first-order valence-corrected chi connectivity index (χ1v) is 15.2. The van der Waals surface area contributed by atoms with Crippen LogP contribution in [0, 0.1) is 5.92 Å². The third kappa shape index (κ3) is 6.71. The molecule has 1 fully saturated rings. The van der Waals surface area contributed by atoms with Crippen LogP contribution in [0.4, 0.5) is 0 Å². The van der Waals surface area contributed by atoms with Gasteiger partial charge in [-0.3, -0.25) is 14.4 Å². The number of fused-ring (bicyclic) bond motifs is 1. The third-order valence-corrected chi connectivity index (χ3v) is 9.88. The molecule has 38 heavy (non-hydrogen) atoms. The van der Waals surface area contributed by atoms with Gasteiger partial charge in [-0.1, -0.05) is 11.6 Å². The number of carbonyl (C=O) groups excluding carboxylic acids is 3. The SMILES string of the molecule is CN1CCc2nc(C(=O)N[C@@H]3C[C@@H](C(=O)N(C)C)CC[C@@H]3NC(=O)CS(=O)(=O)c3ccc(Cl)cc3)sc2C1. The third-order valence-electron chi connectivity index (χ3n) is 6.91. The maximum absolute atomic E-state index is 13.2. The molecule has 1 saturated carbocycles. The van der Waals surface area contributed by atoms with Gasteiger partial charge in [0.1, 0.15) is 5.75 Å². The van der Waals surface area contributed by atoms with Crippen LogP contribution in [0.1, 0.15) is 39.6 Å². The Labute approximate surface area is 231 Å². The summed E-state index contributed by atoms with van der Waals surface area (Å²) in [5.74, 6) is -2.14. The molecule has 0 bridgehead atoms. The van der Waals surface area contributed by atoms with Gasteiger partial charge in [-0.05, 0) is 50.6 Å². The number of likely N-dealkylation sites (N-methyl/N-ethyl adjacent to an activating group) is 1. The average molecular weight is 582 g/mol. The van der Waals surface area contributed by atoms with Gasteiger partial charge in [0, 0.05) is 55.5 Å². The molecule has 1 aliphatic carbocycles. The Balaban J connectivity index is 1.48. The molecule has 2 aromatic rings. The predicted octanol–water partition coefficient (Wildman–Crippen LogP) is 1.73. The summed E-state index contributed by atoms with van der Waals surface area (Å²) in [6.07, 6.45) is 2.03. The van der Waals surface area contributed by atoms with Crippen molar-refractivity contribution in [1.82, 2.24) is 25.4 Å². The normalized spacial score (nSPS) is 21.8. The number of sulfone groups is 1. The van der Waals surface area contributed by atoms with Crippen LogP contribution in [0.25, 0.3) is 0 Å². The highest BCUT2D eigenvalue weighted by molar-refractivity contribution is 7.92. The molecule has 4 rings (SSSR count). The molecule has 13 heteroatoms. The van der Waals surface area contributed by atoms with E-state index in [1.807, 2.05) is 7.05 Å². The van der Waals surface area contributed by atoms with E-state index in [-0.39, 0.29) is 22.6 Å². The van der Waals surface area contributed by atoms with Crippen LogP contribution in [-0.2, 0) is 32.4 Å². The minimum Gasteiger partial charge on any atom is -0.350 e. The Morgan fingerprint density at radius 1 is 1.13 bits per heavy atom. The Kier molecular flexibility index (Phi) is 8.75. The topological polar surface area (TPSA) is 129 Å². The van der Waals surface area contributed by atoms with Crippen molar-refractivity contribution in [2.45, 2.75) is 49.2 Å². The minimum atomic E-state index is -3.88. The van der Waals surface area contributed by atoms with Gasteiger partial charge in [-0.15, -0.1) is 11.3 Å². The molecule has 1 aliphatic heterocycles. The van der Waals surface area contributed by atoms with E-state index in [0.29, 0.717) is 29.3 Å². The van der Waals surface area contributed by atoms with E-state index in [1.54, 1.807) is 14.1 Å². The first kappa shape index (κ1) is 28.5. The monoisotopic (exact) mass is 581 g/mol. The number of amides is 3. The van der Waals surface area contributed by atoms with Crippen molar-refractivity contribution >= 4 is 50.5 Å². The van der Waals surface area contributed by atoms with E-state index in [2.05, 4.69) is 20.5 Å². The number of benzene rings is 1. The molecule has 0 radical (unpaired) electrons. The van der Waals surface area contributed by atoms with Crippen LogP contribution in [0.2, 0.25) is 5.02 Å². The van der Waals surface area contributed by atoms with Gasteiger partial charge in [0.2, 0.25) is 11.8 Å². The van der Waals surface area contributed by atoms with Crippen LogP contribution >= 0.6 is 22.9 Å². The van der Waals surface area contributed by atoms with Gasteiger partial charge in [-0.2, -0.15) is 0 Å². The van der Waals surface area contributed by atoms with Gasteiger partial charge in [-0.25, -0.2) is 13.4 Å². The van der Waals surface area contributed by atoms with Gasteiger partial charge in [0.25, 0.3) is 5.91 Å². The molecule has 0 unspecified atom stereocenters. The van der Waals surface area contributed by atoms with Crippen molar-refractivity contribution in [2.75, 3.05) is 33.4 Å². The highest BCUT2D eigenvalue weighted by atomic mass is 35.5. The number of carbonyl (C=O) groups is 3. The lowest BCUT2D eigenvalue weighted by Gasteiger charge is -2.37. The fourth-order valence-corrected chi connectivity index (χ4v) is 7.25. The van der Waals surface area contributed by atoms with E-state index >= 15 is 0 Å². The van der Waals surface area contributed by atoms with Crippen molar-refractivity contribution in [3.63, 3.8) is 0 Å². The standard InChI is InChI=1S/C25H32ClN5O5S2/c1-30(2)25(34)15-4-9-18(27-22(32)14-38(35,36)17-7-5-16(26)6-8-17)20(12-15)28-23(33)24-29-19-10-11-31(3)13-21(19)37-24/h5-8,15,18,20H,4,9-14H2,1-3H3,(H,27,32)(H,28,33)/t15-,18-,20+/m0/s1. The van der Waals surface area contributed by atoms with Crippen molar-refractivity contribution in [1.29, 1.82) is 0 Å². The molecule has 0 spiro atoms. The van der Waals surface area contributed by atoms with Gasteiger partial charge >= 0.3 is 0 Å². The molecule has 3 amide bonds. The number of hydrogen-bond donors (Lipinski definition) is 2. The van der Waals surface area contributed by atoms with E-state index in [9.17, 15) is 22.8 Å². The first-order valence-electron chi connectivity index (χ1n) is 12.4. The maximum atomic E-state index is 13.2. The lowest BCUT2D eigenvalue weighted by atomic mass is 9.81. The number of nitrogens with one attached hydrogen (secondary N) is 2. The Hall–Kier alpha value is -2.54. The molecule has 1 aromatic carbocycles. The largest absolute Gasteiger partial charge is 0.350 e. The molecule has 2 heterocycles. The second-order valence-electron chi connectivity index (χ2n) is 10.1. The summed E-state index contributed by atoms with van der Waals surface area (Å²) in [7, 11) is 1.50. The number of thiazole rings is 1. The van der Waals surface area contributed by atoms with Crippen LogP contribution in [0.3, 0.4) is 0 Å². The summed E-state index contributed by atoms with van der Waals surface area (Å²) in [6.45, 7) is 1.62. The van der Waals surface area contributed by atoms with E-state index in [1.165, 1.54) is 40.5 Å². The summed E-state index contributed by atoms with van der Waals surface area (Å²) >= 11 is 7.20. The van der Waals surface area contributed by atoms with E-state index in [0.717, 1.165) is 30.1 Å². The zero-order valence-corrected chi connectivity index (χ0v) is 24.0. The predicted molar refractivity (Wildman–Crippen MR) is 145 cm³/mol. The van der Waals surface area contributed by atoms with Crippen LogP contribution in [0.5, 0.6) is 0 Å². The second kappa shape index (κ2) is 11.7. The lowest BCUT2D eigenvalue weighted by molar-refractivity contribution is -0.134. The molecule has 2 N–H and O–H groups in total. The first-order chi connectivity index (χ1) is 17.9. The molecule has 206 valence electrons. The molecule has 10 nitrogen and oxygen atoms in total. The van der Waals surface area contributed by atoms with Crippen LogP contribution < -0.4 is 10.6 Å². The van der Waals surface area contributed by atoms with Crippen molar-refractivity contribution in [3.8, 4) is 0 Å². The summed E-state index contributed by atoms with van der Waals surface area (Å²) < 4.78 is 25.5. The van der Waals surface area contributed by atoms with Crippen LogP contribution in [0.15, 0.2) is 29.2 Å². The fourth-order valence-electron chi connectivity index (χ4n) is 4.89. The molecule has 1 aromatic heterocycles. The van der Waals surface area contributed by atoms with Crippen molar-refractivity contribution in [2.24, 2.45) is 5.92 Å². The quantitative estimate of drug-likeness (QED) is 0.509. The second-order valence-corrected chi connectivity index (χ2v) is 13.6. The summed E-state index contributed by atoms with van der Waals surface area (Å²) in [4.78, 5) is 48.0. The van der Waals surface area contributed by atoms with Crippen molar-refractivity contribution < 1.29 is 22.8 Å². The Morgan fingerprint density at radius 3 is 2.53 bits per heavy atom. The summed E-state index contributed by atoms with van der Waals surface area (Å²) in [5, 5.41) is 6.52. The van der Waals surface area contributed by atoms with Gasteiger partial charge in [0.05, 0.1) is 16.6 Å².